The Bertz CT molecular complexity index is 496. The van der Waals surface area contributed by atoms with Crippen LogP contribution < -0.4 is 5.48 Å². The quantitative estimate of drug-likeness (QED) is 0.763. The monoisotopic (exact) mass is 221 g/mol. The van der Waals surface area contributed by atoms with Gasteiger partial charge in [0, 0.05) is 11.6 Å². The van der Waals surface area contributed by atoms with Crippen LogP contribution in [0, 0.1) is 6.92 Å². The molecule has 0 radical (unpaired) electrons. The molecule has 0 aromatic heterocycles. The first-order valence-electron chi connectivity index (χ1n) is 4.76. The van der Waals surface area contributed by atoms with Gasteiger partial charge in [-0.25, -0.2) is 5.48 Å². The lowest BCUT2D eigenvalue weighted by molar-refractivity contribution is 0.161. The maximum absolute atomic E-state index is 8.69. The van der Waals surface area contributed by atoms with Crippen LogP contribution in [0.3, 0.4) is 0 Å². The minimum Gasteiger partial charge on any atom is -0.316 e. The third-order valence-electron chi connectivity index (χ3n) is 2.53. The topological polar surface area (TPSA) is 32.3 Å². The summed E-state index contributed by atoms with van der Waals surface area (Å²) in [7, 11) is 0. The molecule has 0 saturated heterocycles. The zero-order valence-electron chi connectivity index (χ0n) is 8.42. The minimum atomic E-state index is 0.453. The normalized spacial score (nSPS) is 10.9. The number of hydroxylamine groups is 1. The first-order valence-corrected chi connectivity index (χ1v) is 5.14. The second-order valence-corrected chi connectivity index (χ2v) is 4.04. The van der Waals surface area contributed by atoms with Gasteiger partial charge in [-0.1, -0.05) is 23.7 Å². The Kier molecular flexibility index (Phi) is 2.91. The van der Waals surface area contributed by atoms with Crippen LogP contribution in [-0.4, -0.2) is 5.21 Å². The molecular weight excluding hydrogens is 210 g/mol. The highest BCUT2D eigenvalue weighted by Crippen LogP contribution is 2.23. The second kappa shape index (κ2) is 4.19. The van der Waals surface area contributed by atoms with Gasteiger partial charge in [0.1, 0.15) is 0 Å². The molecule has 2 rings (SSSR count). The third kappa shape index (κ3) is 2.12. The fourth-order valence-electron chi connectivity index (χ4n) is 1.71. The molecule has 0 atom stereocenters. The van der Waals surface area contributed by atoms with E-state index in [-0.39, 0.29) is 0 Å². The molecule has 2 aromatic carbocycles. The van der Waals surface area contributed by atoms with Gasteiger partial charge in [-0.05, 0) is 47.0 Å². The average molecular weight is 222 g/mol. The molecule has 2 nitrogen and oxygen atoms in total. The second-order valence-electron chi connectivity index (χ2n) is 3.61. The van der Waals surface area contributed by atoms with Gasteiger partial charge >= 0.3 is 0 Å². The SMILES string of the molecule is Cc1cc2ccc(Cl)cc2cc1CNO. The molecule has 78 valence electrons. The van der Waals surface area contributed by atoms with Crippen LogP contribution in [0.1, 0.15) is 11.1 Å². The number of rotatable bonds is 2. The highest BCUT2D eigenvalue weighted by Gasteiger charge is 2.01. The molecule has 0 fully saturated rings. The predicted molar refractivity (Wildman–Crippen MR) is 62.3 cm³/mol. The Morgan fingerprint density at radius 1 is 1.20 bits per heavy atom. The van der Waals surface area contributed by atoms with Gasteiger partial charge in [0.15, 0.2) is 0 Å². The zero-order chi connectivity index (χ0) is 10.8. The van der Waals surface area contributed by atoms with Crippen molar-refractivity contribution in [3.8, 4) is 0 Å². The molecule has 0 spiro atoms. The van der Waals surface area contributed by atoms with Crippen LogP contribution in [0.25, 0.3) is 10.8 Å². The molecule has 0 saturated carbocycles. The van der Waals surface area contributed by atoms with E-state index in [1.165, 1.54) is 5.39 Å². The van der Waals surface area contributed by atoms with Crippen molar-refractivity contribution in [2.24, 2.45) is 0 Å². The Morgan fingerprint density at radius 3 is 2.73 bits per heavy atom. The van der Waals surface area contributed by atoms with Crippen molar-refractivity contribution in [2.75, 3.05) is 0 Å². The minimum absolute atomic E-state index is 0.453. The molecule has 0 unspecified atom stereocenters. The van der Waals surface area contributed by atoms with Gasteiger partial charge < -0.3 is 5.21 Å². The third-order valence-corrected chi connectivity index (χ3v) is 2.76. The molecule has 0 amide bonds. The number of hydrogen-bond acceptors (Lipinski definition) is 2. The van der Waals surface area contributed by atoms with Crippen molar-refractivity contribution < 1.29 is 5.21 Å². The maximum atomic E-state index is 8.69. The number of fused-ring (bicyclic) bond motifs is 1. The number of hydrogen-bond donors (Lipinski definition) is 2. The largest absolute Gasteiger partial charge is 0.316 e. The molecule has 15 heavy (non-hydrogen) atoms. The zero-order valence-corrected chi connectivity index (χ0v) is 9.17. The van der Waals surface area contributed by atoms with Crippen LogP contribution in [0.4, 0.5) is 0 Å². The molecular formula is C12H12ClNO. The molecule has 0 aliphatic carbocycles. The van der Waals surface area contributed by atoms with E-state index < -0.39 is 0 Å². The summed E-state index contributed by atoms with van der Waals surface area (Å²) in [5, 5.41) is 11.7. The highest BCUT2D eigenvalue weighted by molar-refractivity contribution is 6.31. The van der Waals surface area contributed by atoms with Crippen molar-refractivity contribution in [1.29, 1.82) is 0 Å². The van der Waals surface area contributed by atoms with E-state index in [0.717, 1.165) is 21.5 Å². The Labute approximate surface area is 93.4 Å². The maximum Gasteiger partial charge on any atom is 0.0460 e. The van der Waals surface area contributed by atoms with Crippen LogP contribution in [0.2, 0.25) is 5.02 Å². The fraction of sp³-hybridized carbons (Fsp3) is 0.167. The summed E-state index contributed by atoms with van der Waals surface area (Å²) in [4.78, 5) is 0. The van der Waals surface area contributed by atoms with Crippen molar-refractivity contribution in [1.82, 2.24) is 5.48 Å². The number of benzene rings is 2. The number of nitrogens with one attached hydrogen (secondary N) is 1. The van der Waals surface area contributed by atoms with E-state index in [1.807, 2.05) is 31.2 Å². The van der Waals surface area contributed by atoms with Gasteiger partial charge in [-0.2, -0.15) is 0 Å². The lowest BCUT2D eigenvalue weighted by Crippen LogP contribution is -2.07. The standard InChI is InChI=1S/C12H12ClNO/c1-8-4-9-2-3-12(13)6-10(9)5-11(8)7-14-15/h2-6,14-15H,7H2,1H3. The summed E-state index contributed by atoms with van der Waals surface area (Å²) in [5.74, 6) is 0. The Balaban J connectivity index is 2.61. The van der Waals surface area contributed by atoms with E-state index in [2.05, 4.69) is 11.5 Å². The molecule has 2 aromatic rings. The molecule has 0 aliphatic heterocycles. The summed E-state index contributed by atoms with van der Waals surface area (Å²) >= 11 is 5.92. The van der Waals surface area contributed by atoms with Crippen LogP contribution >= 0.6 is 11.6 Å². The molecule has 0 heterocycles. The van der Waals surface area contributed by atoms with Crippen LogP contribution in [0.5, 0.6) is 0 Å². The lowest BCUT2D eigenvalue weighted by atomic mass is 10.0. The van der Waals surface area contributed by atoms with E-state index >= 15 is 0 Å². The molecule has 3 heteroatoms. The van der Waals surface area contributed by atoms with Crippen molar-refractivity contribution in [2.45, 2.75) is 13.5 Å². The molecule has 0 aliphatic rings. The first kappa shape index (κ1) is 10.4. The summed E-state index contributed by atoms with van der Waals surface area (Å²) in [5.41, 5.74) is 4.41. The number of halogens is 1. The summed E-state index contributed by atoms with van der Waals surface area (Å²) in [6.07, 6.45) is 0. The molecule has 2 N–H and O–H groups in total. The lowest BCUT2D eigenvalue weighted by Gasteiger charge is -2.07. The van der Waals surface area contributed by atoms with Crippen molar-refractivity contribution in [3.05, 3.63) is 46.5 Å². The fourth-order valence-corrected chi connectivity index (χ4v) is 1.89. The van der Waals surface area contributed by atoms with Crippen LogP contribution in [0.15, 0.2) is 30.3 Å². The first-order chi connectivity index (χ1) is 7.20. The Morgan fingerprint density at radius 2 is 2.00 bits per heavy atom. The van der Waals surface area contributed by atoms with Gasteiger partial charge in [0.05, 0.1) is 0 Å². The summed E-state index contributed by atoms with van der Waals surface area (Å²) < 4.78 is 0. The van der Waals surface area contributed by atoms with Gasteiger partial charge in [-0.3, -0.25) is 0 Å². The summed E-state index contributed by atoms with van der Waals surface area (Å²) in [6.45, 7) is 2.48. The van der Waals surface area contributed by atoms with Gasteiger partial charge in [-0.15, -0.1) is 0 Å². The van der Waals surface area contributed by atoms with E-state index in [4.69, 9.17) is 16.8 Å². The van der Waals surface area contributed by atoms with Crippen molar-refractivity contribution >= 4 is 22.4 Å². The summed E-state index contributed by atoms with van der Waals surface area (Å²) in [6, 6.07) is 9.95. The highest BCUT2D eigenvalue weighted by atomic mass is 35.5. The number of aryl methyl sites for hydroxylation is 1. The van der Waals surface area contributed by atoms with E-state index in [9.17, 15) is 0 Å². The Hall–Kier alpha value is -1.09. The molecule has 0 bridgehead atoms. The smallest absolute Gasteiger partial charge is 0.0460 e. The van der Waals surface area contributed by atoms with Crippen LogP contribution in [-0.2, 0) is 6.54 Å². The van der Waals surface area contributed by atoms with E-state index in [0.29, 0.717) is 6.54 Å². The van der Waals surface area contributed by atoms with Crippen molar-refractivity contribution in [3.63, 3.8) is 0 Å². The predicted octanol–water partition coefficient (Wildman–Crippen LogP) is 3.28. The van der Waals surface area contributed by atoms with Gasteiger partial charge in [0.2, 0.25) is 0 Å². The average Bonchev–Trinajstić information content (AvgIpc) is 2.20. The van der Waals surface area contributed by atoms with Gasteiger partial charge in [0.25, 0.3) is 0 Å². The van der Waals surface area contributed by atoms with E-state index in [1.54, 1.807) is 0 Å².